The van der Waals surface area contributed by atoms with E-state index in [0.717, 1.165) is 49.9 Å². The quantitative estimate of drug-likeness (QED) is 0.784. The molecule has 0 aromatic carbocycles. The largest absolute Gasteiger partial charge is 0.338 e. The van der Waals surface area contributed by atoms with Crippen LogP contribution in [0.1, 0.15) is 12.8 Å². The second-order valence-corrected chi connectivity index (χ2v) is 6.38. The molecule has 4 rings (SSSR count). The average molecular weight is 270 g/mol. The van der Waals surface area contributed by atoms with Crippen molar-refractivity contribution in [1.29, 1.82) is 0 Å². The Labute approximate surface area is 120 Å². The maximum absolute atomic E-state index is 4.35. The first-order valence-corrected chi connectivity index (χ1v) is 7.81. The van der Waals surface area contributed by atoms with Gasteiger partial charge in [-0.15, -0.1) is 0 Å². The van der Waals surface area contributed by atoms with Crippen molar-refractivity contribution in [1.82, 2.24) is 14.9 Å². The fraction of sp³-hybridized carbons (Fsp3) is 0.625. The summed E-state index contributed by atoms with van der Waals surface area (Å²) in [5.41, 5.74) is 0. The zero-order valence-electron chi connectivity index (χ0n) is 11.9. The van der Waals surface area contributed by atoms with Crippen LogP contribution in [0.5, 0.6) is 0 Å². The monoisotopic (exact) mass is 270 g/mol. The van der Waals surface area contributed by atoms with Gasteiger partial charge in [0.15, 0.2) is 0 Å². The SMILES string of the molecule is C1=C[C@H]2C[C@H]1C[C@H]2CN1CCN(c2ncccn2)CC1. The van der Waals surface area contributed by atoms with Gasteiger partial charge in [0, 0.05) is 45.1 Å². The Morgan fingerprint density at radius 2 is 1.80 bits per heavy atom. The Bertz CT molecular complexity index is 479. The number of rotatable bonds is 3. The first kappa shape index (κ1) is 12.3. The summed E-state index contributed by atoms with van der Waals surface area (Å²) < 4.78 is 0. The van der Waals surface area contributed by atoms with E-state index >= 15 is 0 Å². The number of nitrogens with zero attached hydrogens (tertiary/aromatic N) is 4. The van der Waals surface area contributed by atoms with Crippen molar-refractivity contribution in [3.8, 4) is 0 Å². The van der Waals surface area contributed by atoms with Crippen molar-refractivity contribution >= 4 is 5.95 Å². The Morgan fingerprint density at radius 3 is 2.45 bits per heavy atom. The van der Waals surface area contributed by atoms with Gasteiger partial charge in [0.05, 0.1) is 0 Å². The van der Waals surface area contributed by atoms with E-state index in [1.165, 1.54) is 19.4 Å². The van der Waals surface area contributed by atoms with Crippen LogP contribution in [0.2, 0.25) is 0 Å². The molecule has 0 radical (unpaired) electrons. The molecule has 0 N–H and O–H groups in total. The highest BCUT2D eigenvalue weighted by atomic mass is 15.3. The molecular formula is C16H22N4. The van der Waals surface area contributed by atoms with E-state index in [2.05, 4.69) is 31.9 Å². The molecule has 1 saturated heterocycles. The highest BCUT2D eigenvalue weighted by Crippen LogP contribution is 2.43. The maximum atomic E-state index is 4.35. The molecule has 4 nitrogen and oxygen atoms in total. The summed E-state index contributed by atoms with van der Waals surface area (Å²) in [6, 6.07) is 1.88. The van der Waals surface area contributed by atoms with Crippen LogP contribution in [0.25, 0.3) is 0 Å². The fourth-order valence-corrected chi connectivity index (χ4v) is 4.02. The van der Waals surface area contributed by atoms with Gasteiger partial charge in [-0.05, 0) is 36.7 Å². The molecule has 1 saturated carbocycles. The third kappa shape index (κ3) is 2.33. The van der Waals surface area contributed by atoms with Crippen LogP contribution in [0.3, 0.4) is 0 Å². The van der Waals surface area contributed by atoms with Gasteiger partial charge in [-0.25, -0.2) is 9.97 Å². The van der Waals surface area contributed by atoms with Gasteiger partial charge < -0.3 is 4.90 Å². The molecule has 1 aliphatic heterocycles. The fourth-order valence-electron chi connectivity index (χ4n) is 4.02. The molecule has 2 aliphatic carbocycles. The minimum Gasteiger partial charge on any atom is -0.338 e. The minimum absolute atomic E-state index is 0.871. The van der Waals surface area contributed by atoms with E-state index in [1.807, 2.05) is 18.5 Å². The predicted octanol–water partition coefficient (Wildman–Crippen LogP) is 1.81. The number of piperazine rings is 1. The molecule has 1 aromatic rings. The van der Waals surface area contributed by atoms with Crippen molar-refractivity contribution in [3.63, 3.8) is 0 Å². The molecular weight excluding hydrogens is 248 g/mol. The lowest BCUT2D eigenvalue weighted by Crippen LogP contribution is -2.48. The Balaban J connectivity index is 1.31. The number of allylic oxidation sites excluding steroid dienone is 2. The Kier molecular flexibility index (Phi) is 3.19. The lowest BCUT2D eigenvalue weighted by molar-refractivity contribution is 0.203. The summed E-state index contributed by atoms with van der Waals surface area (Å²) in [5, 5.41) is 0. The van der Waals surface area contributed by atoms with E-state index < -0.39 is 0 Å². The third-order valence-electron chi connectivity index (χ3n) is 5.12. The highest BCUT2D eigenvalue weighted by Gasteiger charge is 2.36. The van der Waals surface area contributed by atoms with Gasteiger partial charge in [0.2, 0.25) is 5.95 Å². The first-order chi connectivity index (χ1) is 9.88. The normalized spacial score (nSPS) is 33.0. The van der Waals surface area contributed by atoms with Crippen molar-refractivity contribution in [3.05, 3.63) is 30.6 Å². The van der Waals surface area contributed by atoms with Crippen molar-refractivity contribution in [2.24, 2.45) is 17.8 Å². The lowest BCUT2D eigenvalue weighted by Gasteiger charge is -2.36. The number of hydrogen-bond acceptors (Lipinski definition) is 4. The summed E-state index contributed by atoms with van der Waals surface area (Å²) in [6.45, 7) is 5.70. The number of anilines is 1. The maximum Gasteiger partial charge on any atom is 0.225 e. The molecule has 2 bridgehead atoms. The van der Waals surface area contributed by atoms with Crippen molar-refractivity contribution in [2.45, 2.75) is 12.8 Å². The zero-order valence-corrected chi connectivity index (χ0v) is 11.9. The van der Waals surface area contributed by atoms with Gasteiger partial charge in [0.1, 0.15) is 0 Å². The van der Waals surface area contributed by atoms with Gasteiger partial charge in [-0.1, -0.05) is 12.2 Å². The smallest absolute Gasteiger partial charge is 0.225 e. The first-order valence-electron chi connectivity index (χ1n) is 7.81. The summed E-state index contributed by atoms with van der Waals surface area (Å²) in [7, 11) is 0. The lowest BCUT2D eigenvalue weighted by atomic mass is 9.93. The standard InChI is InChI=1S/C16H22N4/c1-4-17-16(18-5-1)20-8-6-19(7-9-20)12-15-11-13-2-3-14(15)10-13/h1-5,13-15H,6-12H2/t13-,14-,15-/m0/s1. The summed E-state index contributed by atoms with van der Waals surface area (Å²) in [6.07, 6.45) is 11.4. The van der Waals surface area contributed by atoms with Crippen LogP contribution in [-0.4, -0.2) is 47.6 Å². The van der Waals surface area contributed by atoms with Crippen LogP contribution < -0.4 is 4.90 Å². The van der Waals surface area contributed by atoms with E-state index in [9.17, 15) is 0 Å². The van der Waals surface area contributed by atoms with Crippen LogP contribution in [0.4, 0.5) is 5.95 Å². The number of aromatic nitrogens is 2. The third-order valence-corrected chi connectivity index (χ3v) is 5.12. The summed E-state index contributed by atoms with van der Waals surface area (Å²) in [5.74, 6) is 3.55. The van der Waals surface area contributed by atoms with E-state index in [-0.39, 0.29) is 0 Å². The minimum atomic E-state index is 0.871. The number of hydrogen-bond donors (Lipinski definition) is 0. The van der Waals surface area contributed by atoms with E-state index in [0.29, 0.717) is 0 Å². The average Bonchev–Trinajstić information content (AvgIpc) is 3.12. The molecule has 1 aromatic heterocycles. The highest BCUT2D eigenvalue weighted by molar-refractivity contribution is 5.29. The molecule has 4 heteroatoms. The van der Waals surface area contributed by atoms with Crippen LogP contribution in [0, 0.1) is 17.8 Å². The Morgan fingerprint density at radius 1 is 1.00 bits per heavy atom. The van der Waals surface area contributed by atoms with Gasteiger partial charge in [-0.2, -0.15) is 0 Å². The van der Waals surface area contributed by atoms with Crippen molar-refractivity contribution < 1.29 is 0 Å². The van der Waals surface area contributed by atoms with Crippen LogP contribution in [0.15, 0.2) is 30.6 Å². The molecule has 3 atom stereocenters. The predicted molar refractivity (Wildman–Crippen MR) is 79.5 cm³/mol. The molecule has 106 valence electrons. The zero-order chi connectivity index (χ0) is 13.4. The Hall–Kier alpha value is -1.42. The topological polar surface area (TPSA) is 32.3 Å². The molecule has 2 fully saturated rings. The van der Waals surface area contributed by atoms with Crippen molar-refractivity contribution in [2.75, 3.05) is 37.6 Å². The van der Waals surface area contributed by atoms with Crippen LogP contribution in [-0.2, 0) is 0 Å². The van der Waals surface area contributed by atoms with Crippen LogP contribution >= 0.6 is 0 Å². The molecule has 0 spiro atoms. The molecule has 3 aliphatic rings. The second kappa shape index (κ2) is 5.17. The van der Waals surface area contributed by atoms with E-state index in [1.54, 1.807) is 0 Å². The summed E-state index contributed by atoms with van der Waals surface area (Å²) >= 11 is 0. The molecule has 0 amide bonds. The molecule has 0 unspecified atom stereocenters. The summed E-state index contributed by atoms with van der Waals surface area (Å²) in [4.78, 5) is 13.6. The molecule has 2 heterocycles. The number of fused-ring (bicyclic) bond motifs is 2. The molecule has 20 heavy (non-hydrogen) atoms. The van der Waals surface area contributed by atoms with Gasteiger partial charge >= 0.3 is 0 Å². The second-order valence-electron chi connectivity index (χ2n) is 6.38. The van der Waals surface area contributed by atoms with E-state index in [4.69, 9.17) is 0 Å². The van der Waals surface area contributed by atoms with Gasteiger partial charge in [0.25, 0.3) is 0 Å². The van der Waals surface area contributed by atoms with Gasteiger partial charge in [-0.3, -0.25) is 4.90 Å².